The Kier molecular flexibility index (Phi) is 7.75. The maximum absolute atomic E-state index is 5.13. The van der Waals surface area contributed by atoms with Crippen LogP contribution in [0.1, 0.15) is 12.8 Å². The van der Waals surface area contributed by atoms with Crippen molar-refractivity contribution in [2.75, 3.05) is 17.8 Å². The summed E-state index contributed by atoms with van der Waals surface area (Å²) in [5, 5.41) is 2.01. The van der Waals surface area contributed by atoms with Crippen molar-refractivity contribution in [2.45, 2.75) is 18.9 Å². The monoisotopic (exact) mass is 258 g/mol. The quantitative estimate of drug-likeness (QED) is 0.690. The summed E-state index contributed by atoms with van der Waals surface area (Å²) in [7, 11) is 1.75. The Morgan fingerprint density at radius 2 is 2.11 bits per heavy atom. The summed E-state index contributed by atoms with van der Waals surface area (Å²) >= 11 is 6.73. The van der Waals surface area contributed by atoms with Crippen molar-refractivity contribution < 1.29 is 4.74 Å². The number of hydrogen-bond acceptors (Lipinski definition) is 1. The first-order chi connectivity index (χ1) is 4.35. The standard InChI is InChI=1S/C6H12Br2O/c1-9-6(5-8)3-2-4-7/h6H,2-5H2,1H3. The normalized spacial score (nSPS) is 13.7. The van der Waals surface area contributed by atoms with Crippen LogP contribution in [-0.4, -0.2) is 23.9 Å². The van der Waals surface area contributed by atoms with E-state index in [1.807, 2.05) is 0 Å². The predicted octanol–water partition coefficient (Wildman–Crippen LogP) is 2.57. The van der Waals surface area contributed by atoms with E-state index in [0.29, 0.717) is 6.10 Å². The van der Waals surface area contributed by atoms with Crippen molar-refractivity contribution in [1.29, 1.82) is 0 Å². The summed E-state index contributed by atoms with van der Waals surface area (Å²) in [4.78, 5) is 0. The van der Waals surface area contributed by atoms with Gasteiger partial charge in [-0.1, -0.05) is 31.9 Å². The van der Waals surface area contributed by atoms with Crippen LogP contribution < -0.4 is 0 Å². The third-order valence-electron chi connectivity index (χ3n) is 1.17. The zero-order chi connectivity index (χ0) is 7.11. The zero-order valence-electron chi connectivity index (χ0n) is 5.57. The molecule has 0 N–H and O–H groups in total. The Morgan fingerprint density at radius 3 is 2.44 bits per heavy atom. The molecule has 0 aliphatic carbocycles. The SMILES string of the molecule is COC(CBr)CCCBr. The van der Waals surface area contributed by atoms with Crippen LogP contribution in [0.2, 0.25) is 0 Å². The Labute approximate surface area is 73.4 Å². The lowest BCUT2D eigenvalue weighted by molar-refractivity contribution is 0.115. The van der Waals surface area contributed by atoms with Gasteiger partial charge in [-0.3, -0.25) is 0 Å². The fourth-order valence-corrected chi connectivity index (χ4v) is 1.47. The lowest BCUT2D eigenvalue weighted by Gasteiger charge is -2.09. The highest BCUT2D eigenvalue weighted by molar-refractivity contribution is 9.09. The van der Waals surface area contributed by atoms with E-state index in [0.717, 1.165) is 17.1 Å². The molecule has 0 bridgehead atoms. The smallest absolute Gasteiger partial charge is 0.0668 e. The Bertz CT molecular complexity index is 55.0. The van der Waals surface area contributed by atoms with Crippen LogP contribution in [0.25, 0.3) is 0 Å². The first-order valence-electron chi connectivity index (χ1n) is 2.99. The van der Waals surface area contributed by atoms with Gasteiger partial charge in [-0.15, -0.1) is 0 Å². The average molecular weight is 260 g/mol. The van der Waals surface area contributed by atoms with Gasteiger partial charge in [0.05, 0.1) is 6.10 Å². The van der Waals surface area contributed by atoms with Crippen LogP contribution in [-0.2, 0) is 4.74 Å². The van der Waals surface area contributed by atoms with Crippen LogP contribution in [0.4, 0.5) is 0 Å². The maximum atomic E-state index is 5.13. The Morgan fingerprint density at radius 1 is 1.44 bits per heavy atom. The van der Waals surface area contributed by atoms with Gasteiger partial charge in [0.1, 0.15) is 0 Å². The van der Waals surface area contributed by atoms with E-state index in [-0.39, 0.29) is 0 Å². The van der Waals surface area contributed by atoms with E-state index < -0.39 is 0 Å². The van der Waals surface area contributed by atoms with Crippen LogP contribution in [0.15, 0.2) is 0 Å². The molecular formula is C6H12Br2O. The summed E-state index contributed by atoms with van der Waals surface area (Å²) in [6.45, 7) is 0. The van der Waals surface area contributed by atoms with E-state index >= 15 is 0 Å². The minimum Gasteiger partial charge on any atom is -0.381 e. The fraction of sp³-hybridized carbons (Fsp3) is 1.00. The predicted molar refractivity (Wildman–Crippen MR) is 47.6 cm³/mol. The second kappa shape index (κ2) is 7.03. The van der Waals surface area contributed by atoms with Crippen molar-refractivity contribution in [1.82, 2.24) is 0 Å². The summed E-state index contributed by atoms with van der Waals surface area (Å²) < 4.78 is 5.13. The topological polar surface area (TPSA) is 9.23 Å². The summed E-state index contributed by atoms with van der Waals surface area (Å²) in [6, 6.07) is 0. The maximum Gasteiger partial charge on any atom is 0.0668 e. The van der Waals surface area contributed by atoms with Crippen molar-refractivity contribution in [3.05, 3.63) is 0 Å². The second-order valence-electron chi connectivity index (χ2n) is 1.84. The highest BCUT2D eigenvalue weighted by Gasteiger charge is 2.02. The Balaban J connectivity index is 3.09. The molecule has 0 amide bonds. The van der Waals surface area contributed by atoms with Crippen LogP contribution in [0.5, 0.6) is 0 Å². The van der Waals surface area contributed by atoms with E-state index in [1.54, 1.807) is 7.11 Å². The molecular weight excluding hydrogens is 248 g/mol. The third-order valence-corrected chi connectivity index (χ3v) is 2.45. The largest absolute Gasteiger partial charge is 0.381 e. The van der Waals surface area contributed by atoms with Crippen molar-refractivity contribution >= 4 is 31.9 Å². The van der Waals surface area contributed by atoms with Gasteiger partial charge in [-0.2, -0.15) is 0 Å². The number of rotatable bonds is 5. The molecule has 0 aromatic carbocycles. The highest BCUT2D eigenvalue weighted by atomic mass is 79.9. The molecule has 0 aromatic heterocycles. The number of halogens is 2. The average Bonchev–Trinajstić information content (AvgIpc) is 1.91. The molecule has 0 saturated heterocycles. The van der Waals surface area contributed by atoms with Crippen molar-refractivity contribution in [2.24, 2.45) is 0 Å². The Hall–Kier alpha value is 0.920. The van der Waals surface area contributed by atoms with E-state index in [4.69, 9.17) is 4.74 Å². The van der Waals surface area contributed by atoms with Gasteiger partial charge in [-0.05, 0) is 12.8 Å². The van der Waals surface area contributed by atoms with Crippen LogP contribution in [0.3, 0.4) is 0 Å². The minimum atomic E-state index is 0.391. The van der Waals surface area contributed by atoms with Crippen molar-refractivity contribution in [3.63, 3.8) is 0 Å². The summed E-state index contributed by atoms with van der Waals surface area (Å²) in [5.41, 5.74) is 0. The first-order valence-corrected chi connectivity index (χ1v) is 5.24. The van der Waals surface area contributed by atoms with Gasteiger partial charge < -0.3 is 4.74 Å². The van der Waals surface area contributed by atoms with Gasteiger partial charge in [0, 0.05) is 17.8 Å². The van der Waals surface area contributed by atoms with Gasteiger partial charge in [0.25, 0.3) is 0 Å². The fourth-order valence-electron chi connectivity index (χ4n) is 0.563. The van der Waals surface area contributed by atoms with Gasteiger partial charge >= 0.3 is 0 Å². The lowest BCUT2D eigenvalue weighted by Crippen LogP contribution is -2.11. The van der Waals surface area contributed by atoms with Gasteiger partial charge in [-0.25, -0.2) is 0 Å². The molecule has 1 nitrogen and oxygen atoms in total. The molecule has 9 heavy (non-hydrogen) atoms. The third kappa shape index (κ3) is 5.37. The molecule has 0 aliphatic heterocycles. The summed E-state index contributed by atoms with van der Waals surface area (Å²) in [5.74, 6) is 0. The van der Waals surface area contributed by atoms with E-state index in [9.17, 15) is 0 Å². The molecule has 0 aromatic rings. The highest BCUT2D eigenvalue weighted by Crippen LogP contribution is 2.05. The molecule has 1 unspecified atom stereocenters. The molecule has 0 fully saturated rings. The van der Waals surface area contributed by atoms with E-state index in [2.05, 4.69) is 31.9 Å². The molecule has 0 radical (unpaired) electrons. The minimum absolute atomic E-state index is 0.391. The van der Waals surface area contributed by atoms with Crippen molar-refractivity contribution in [3.8, 4) is 0 Å². The summed E-state index contributed by atoms with van der Waals surface area (Å²) in [6.07, 6.45) is 2.71. The van der Waals surface area contributed by atoms with Crippen LogP contribution in [0, 0.1) is 0 Å². The molecule has 1 atom stereocenters. The molecule has 3 heteroatoms. The number of alkyl halides is 2. The molecule has 56 valence electrons. The molecule has 0 aliphatic rings. The van der Waals surface area contributed by atoms with Gasteiger partial charge in [0.2, 0.25) is 0 Å². The number of hydrogen-bond donors (Lipinski definition) is 0. The number of ether oxygens (including phenoxy) is 1. The van der Waals surface area contributed by atoms with Crippen LogP contribution >= 0.6 is 31.9 Å². The van der Waals surface area contributed by atoms with E-state index in [1.165, 1.54) is 6.42 Å². The molecule has 0 saturated carbocycles. The molecule has 0 rings (SSSR count). The molecule has 0 heterocycles. The number of methoxy groups -OCH3 is 1. The first kappa shape index (κ1) is 9.92. The van der Waals surface area contributed by atoms with Gasteiger partial charge in [0.15, 0.2) is 0 Å². The lowest BCUT2D eigenvalue weighted by atomic mass is 10.2. The second-order valence-corrected chi connectivity index (χ2v) is 3.28. The zero-order valence-corrected chi connectivity index (χ0v) is 8.74. The molecule has 0 spiro atoms.